The van der Waals surface area contributed by atoms with Crippen molar-refractivity contribution in [3.05, 3.63) is 47.0 Å². The highest BCUT2D eigenvalue weighted by Gasteiger charge is 2.76. The fourth-order valence-corrected chi connectivity index (χ4v) is 8.96. The average Bonchev–Trinajstić information content (AvgIpc) is 2.98. The Morgan fingerprint density at radius 2 is 1.72 bits per heavy atom. The molecule has 0 unspecified atom stereocenters. The predicted octanol–water partition coefficient (Wildman–Crippen LogP) is 1.28. The number of carbonyl (C=O) groups is 4. The quantitative estimate of drug-likeness (QED) is 0.222. The molecule has 252 valence electrons. The van der Waals surface area contributed by atoms with Crippen molar-refractivity contribution in [1.82, 2.24) is 5.32 Å². The number of benzene rings is 1. The second kappa shape index (κ2) is 11.5. The van der Waals surface area contributed by atoms with Gasteiger partial charge < -0.3 is 40.0 Å². The molecule has 3 fully saturated rings. The van der Waals surface area contributed by atoms with Crippen LogP contribution in [-0.2, 0) is 33.4 Å². The van der Waals surface area contributed by atoms with E-state index < -0.39 is 94.1 Å². The Kier molecular flexibility index (Phi) is 8.56. The second-order valence-corrected chi connectivity index (χ2v) is 14.2. The summed E-state index contributed by atoms with van der Waals surface area (Å²) in [7, 11) is 0. The summed E-state index contributed by atoms with van der Waals surface area (Å²) in [5, 5.41) is 50.3. The number of hydrogen-bond donors (Lipinski definition) is 5. The van der Waals surface area contributed by atoms with E-state index in [-0.39, 0.29) is 19.4 Å². The Morgan fingerprint density at radius 3 is 2.26 bits per heavy atom. The summed E-state index contributed by atoms with van der Waals surface area (Å²) in [6.07, 6.45) is -7.24. The fraction of sp³-hybridized carbons (Fsp3) is 0.647. The van der Waals surface area contributed by atoms with Gasteiger partial charge in [-0.05, 0) is 30.6 Å². The van der Waals surface area contributed by atoms with Gasteiger partial charge in [-0.15, -0.1) is 0 Å². The molecule has 1 aliphatic heterocycles. The predicted molar refractivity (Wildman–Crippen MR) is 162 cm³/mol. The Morgan fingerprint density at radius 1 is 1.09 bits per heavy atom. The van der Waals surface area contributed by atoms with Crippen molar-refractivity contribution in [2.45, 2.75) is 109 Å². The summed E-state index contributed by atoms with van der Waals surface area (Å²) >= 11 is 0. The third kappa shape index (κ3) is 4.83. The largest absolute Gasteiger partial charge is 0.456 e. The van der Waals surface area contributed by atoms with E-state index >= 15 is 0 Å². The van der Waals surface area contributed by atoms with E-state index in [1.165, 1.54) is 20.8 Å². The average molecular weight is 644 g/mol. The van der Waals surface area contributed by atoms with Crippen LogP contribution in [0.2, 0.25) is 0 Å². The molecule has 1 saturated heterocycles. The van der Waals surface area contributed by atoms with E-state index in [9.17, 15) is 39.6 Å². The Balaban J connectivity index is 1.60. The minimum absolute atomic E-state index is 0.0136. The highest BCUT2D eigenvalue weighted by atomic mass is 16.6. The molecule has 1 aromatic rings. The fourth-order valence-electron chi connectivity index (χ4n) is 8.96. The molecule has 2 bridgehead atoms. The van der Waals surface area contributed by atoms with Crippen molar-refractivity contribution >= 4 is 23.6 Å². The number of carbonyl (C=O) groups excluding carboxylic acids is 4. The van der Waals surface area contributed by atoms with Gasteiger partial charge >= 0.3 is 11.9 Å². The molecule has 1 aromatic carbocycles. The van der Waals surface area contributed by atoms with Gasteiger partial charge in [0, 0.05) is 43.9 Å². The molecule has 5 rings (SSSR count). The molecule has 1 amide bonds. The number of ketones is 1. The Hall–Kier alpha value is -3.16. The summed E-state index contributed by atoms with van der Waals surface area (Å²) in [5.41, 5.74) is -5.14. The van der Waals surface area contributed by atoms with E-state index in [4.69, 9.17) is 14.2 Å². The first-order valence-corrected chi connectivity index (χ1v) is 15.7. The van der Waals surface area contributed by atoms with Crippen LogP contribution in [-0.4, -0.2) is 92.4 Å². The number of nitrogens with one attached hydrogen (secondary N) is 1. The monoisotopic (exact) mass is 643 g/mol. The van der Waals surface area contributed by atoms with Gasteiger partial charge in [0.1, 0.15) is 23.6 Å². The van der Waals surface area contributed by atoms with Crippen molar-refractivity contribution < 1.29 is 53.8 Å². The molecule has 12 heteroatoms. The van der Waals surface area contributed by atoms with E-state index in [1.807, 2.05) is 0 Å². The molecule has 3 aliphatic carbocycles. The minimum atomic E-state index is -2.08. The van der Waals surface area contributed by atoms with E-state index in [1.54, 1.807) is 58.0 Å². The van der Waals surface area contributed by atoms with Crippen LogP contribution in [0.15, 0.2) is 41.5 Å². The summed E-state index contributed by atoms with van der Waals surface area (Å²) in [5.74, 6) is -4.86. The maximum Gasteiger partial charge on any atom is 0.338 e. The lowest BCUT2D eigenvalue weighted by Gasteiger charge is -2.67. The van der Waals surface area contributed by atoms with Crippen LogP contribution in [0.4, 0.5) is 0 Å². The first-order valence-electron chi connectivity index (χ1n) is 15.7. The van der Waals surface area contributed by atoms with Gasteiger partial charge in [0.25, 0.3) is 0 Å². The molecule has 1 heterocycles. The van der Waals surface area contributed by atoms with Crippen LogP contribution in [0, 0.1) is 22.7 Å². The van der Waals surface area contributed by atoms with E-state index in [0.29, 0.717) is 16.7 Å². The summed E-state index contributed by atoms with van der Waals surface area (Å²) < 4.78 is 17.4. The number of rotatable bonds is 6. The maximum atomic E-state index is 14.6. The molecule has 2 saturated carbocycles. The first kappa shape index (κ1) is 34.2. The molecule has 12 nitrogen and oxygen atoms in total. The van der Waals surface area contributed by atoms with Gasteiger partial charge in [-0.25, -0.2) is 4.79 Å². The van der Waals surface area contributed by atoms with Crippen LogP contribution < -0.4 is 5.32 Å². The van der Waals surface area contributed by atoms with Gasteiger partial charge in [0.2, 0.25) is 5.91 Å². The van der Waals surface area contributed by atoms with Gasteiger partial charge in [0.15, 0.2) is 11.7 Å². The summed E-state index contributed by atoms with van der Waals surface area (Å²) in [6, 6.07) is 7.28. The van der Waals surface area contributed by atoms with Crippen LogP contribution in [0.3, 0.4) is 0 Å². The number of fused-ring (bicyclic) bond motifs is 5. The lowest BCUT2D eigenvalue weighted by Crippen LogP contribution is -2.81. The smallest absolute Gasteiger partial charge is 0.338 e. The number of aliphatic hydroxyl groups excluding tert-OH is 3. The molecule has 46 heavy (non-hydrogen) atoms. The molecule has 0 radical (unpaired) electrons. The highest BCUT2D eigenvalue weighted by molar-refractivity contribution is 5.91. The molecule has 11 atom stereocenters. The number of aliphatic hydroxyl groups is 4. The van der Waals surface area contributed by atoms with E-state index in [0.717, 1.165) is 0 Å². The number of amides is 1. The number of Topliss-reactive ketones (excluding diaryl/α,β-unsaturated/α-hetero) is 1. The van der Waals surface area contributed by atoms with Gasteiger partial charge in [-0.1, -0.05) is 51.1 Å². The van der Waals surface area contributed by atoms with Crippen LogP contribution in [0.25, 0.3) is 0 Å². The van der Waals surface area contributed by atoms with Crippen LogP contribution in [0.1, 0.15) is 72.9 Å². The molecular formula is C34H45NO11. The zero-order valence-electron chi connectivity index (χ0n) is 27.3. The molecule has 0 aromatic heterocycles. The van der Waals surface area contributed by atoms with Crippen molar-refractivity contribution in [3.8, 4) is 0 Å². The van der Waals surface area contributed by atoms with Crippen LogP contribution in [0.5, 0.6) is 0 Å². The first-order chi connectivity index (χ1) is 21.3. The second-order valence-electron chi connectivity index (χ2n) is 14.2. The van der Waals surface area contributed by atoms with Gasteiger partial charge in [-0.2, -0.15) is 0 Å². The molecule has 5 N–H and O–H groups in total. The normalized spacial score (nSPS) is 39.3. The lowest BCUT2D eigenvalue weighted by molar-refractivity contribution is -0.346. The number of ether oxygens (including phenoxy) is 3. The topological polar surface area (TPSA) is 189 Å². The standard InChI is InChI=1S/C34H45NO11/c1-16-21(45-30(42)26(39)25(35-18(3)36)20-11-9-8-10-12-20)14-34(43)29(41)27-32(7,28(40)17(2)24(16)31(34,5)6)22(38)13-23-33(27,15-44-23)46-19(4)37/h8-12,17,21-23,25-27,29,38-39,41,43H,13-15H2,1-7H3,(H,35,36)/t17-,21+,22+,23-,25+,26-,27+,29+,32-,33+,34-/m1/s1. The maximum absolute atomic E-state index is 14.6. The zero-order valence-corrected chi connectivity index (χ0v) is 27.3. The van der Waals surface area contributed by atoms with E-state index in [2.05, 4.69) is 5.32 Å². The summed E-state index contributed by atoms with van der Waals surface area (Å²) in [4.78, 5) is 52.5. The zero-order chi connectivity index (χ0) is 34.1. The lowest BCUT2D eigenvalue weighted by atomic mass is 9.44. The Labute approximate surface area is 268 Å². The number of hydrogen-bond acceptors (Lipinski definition) is 11. The highest BCUT2D eigenvalue weighted by Crippen LogP contribution is 2.64. The van der Waals surface area contributed by atoms with Crippen molar-refractivity contribution in [2.24, 2.45) is 22.7 Å². The van der Waals surface area contributed by atoms with Gasteiger partial charge in [0.05, 0.1) is 30.3 Å². The molecule has 0 spiro atoms. The van der Waals surface area contributed by atoms with Crippen LogP contribution >= 0.6 is 0 Å². The molecular weight excluding hydrogens is 598 g/mol. The minimum Gasteiger partial charge on any atom is -0.456 e. The third-order valence-electron chi connectivity index (χ3n) is 11.3. The van der Waals surface area contributed by atoms with Crippen molar-refractivity contribution in [3.63, 3.8) is 0 Å². The van der Waals surface area contributed by atoms with Crippen molar-refractivity contribution in [2.75, 3.05) is 6.61 Å². The van der Waals surface area contributed by atoms with Gasteiger partial charge in [-0.3, -0.25) is 14.4 Å². The SMILES string of the molecule is CC(=O)N[C@@H](c1ccccc1)[C@@H](O)C(=O)O[C@H]1C[C@@]2(O)[C@@H](O)[C@@H]3[C@]4(OC(C)=O)CO[C@@H]4C[C@H](O)[C@@]3(C)C(=O)[C@H](C)C(=C1C)C2(C)C. The Bertz CT molecular complexity index is 1460. The summed E-state index contributed by atoms with van der Waals surface area (Å²) in [6.45, 7) is 10.6. The number of esters is 2. The third-order valence-corrected chi connectivity index (χ3v) is 11.3. The van der Waals surface area contributed by atoms with Crippen molar-refractivity contribution in [1.29, 1.82) is 0 Å². The molecule has 4 aliphatic rings.